The fraction of sp³-hybridized carbons (Fsp3) is 1.00. The smallest absolute Gasteiger partial charge is 0.0198 e. The molecule has 1 N–H and O–H groups in total. The second kappa shape index (κ2) is 5.71. The van der Waals surface area contributed by atoms with Crippen LogP contribution in [0.15, 0.2) is 0 Å². The van der Waals surface area contributed by atoms with Gasteiger partial charge in [0, 0.05) is 25.2 Å². The Balaban J connectivity index is 1.95. The van der Waals surface area contributed by atoms with E-state index in [-0.39, 0.29) is 0 Å². The van der Waals surface area contributed by atoms with Crippen LogP contribution in [0.25, 0.3) is 0 Å². The van der Waals surface area contributed by atoms with Crippen molar-refractivity contribution in [3.8, 4) is 0 Å². The summed E-state index contributed by atoms with van der Waals surface area (Å²) in [6, 6.07) is 1.62. The minimum atomic E-state index is 0.731. The Labute approximate surface area is 107 Å². The summed E-state index contributed by atoms with van der Waals surface area (Å²) in [6.45, 7) is 13.2. The van der Waals surface area contributed by atoms with Gasteiger partial charge >= 0.3 is 0 Å². The van der Waals surface area contributed by atoms with Crippen molar-refractivity contribution in [1.29, 1.82) is 0 Å². The zero-order chi connectivity index (χ0) is 12.4. The third kappa shape index (κ3) is 3.03. The lowest BCUT2D eigenvalue weighted by molar-refractivity contribution is 0.0135. The minimum absolute atomic E-state index is 0.731. The molecule has 0 aromatic rings. The molecule has 1 saturated heterocycles. The van der Waals surface area contributed by atoms with Crippen molar-refractivity contribution in [2.75, 3.05) is 19.6 Å². The highest BCUT2D eigenvalue weighted by atomic mass is 15.2. The number of hydrogen-bond donors (Lipinski definition) is 1. The highest BCUT2D eigenvalue weighted by Gasteiger charge is 2.37. The van der Waals surface area contributed by atoms with Crippen molar-refractivity contribution in [3.63, 3.8) is 0 Å². The summed E-state index contributed by atoms with van der Waals surface area (Å²) in [4.78, 5) is 2.79. The van der Waals surface area contributed by atoms with Gasteiger partial charge in [-0.15, -0.1) is 0 Å². The summed E-state index contributed by atoms with van der Waals surface area (Å²) in [5, 5.41) is 3.68. The Hall–Kier alpha value is -0.0800. The molecule has 1 aliphatic carbocycles. The summed E-state index contributed by atoms with van der Waals surface area (Å²) in [7, 11) is 0. The van der Waals surface area contributed by atoms with Gasteiger partial charge in [0.05, 0.1) is 0 Å². The van der Waals surface area contributed by atoms with Crippen LogP contribution < -0.4 is 5.32 Å². The zero-order valence-electron chi connectivity index (χ0n) is 12.1. The number of piperidine rings is 1. The minimum Gasteiger partial charge on any atom is -0.313 e. The fourth-order valence-corrected chi connectivity index (χ4v) is 3.56. The molecule has 1 aliphatic heterocycles. The monoisotopic (exact) mass is 238 g/mol. The van der Waals surface area contributed by atoms with Gasteiger partial charge in [0.2, 0.25) is 0 Å². The van der Waals surface area contributed by atoms with E-state index in [9.17, 15) is 0 Å². The third-order valence-corrected chi connectivity index (χ3v) is 4.99. The normalized spacial score (nSPS) is 39.4. The number of rotatable bonds is 4. The standard InChI is InChI=1S/C15H30N2/c1-5-16-14-8-13(11(2)3)9-17(10-14)15-7-6-12(15)4/h11-16H,5-10H2,1-4H3. The molecule has 2 nitrogen and oxygen atoms in total. The fourth-order valence-electron chi connectivity index (χ4n) is 3.56. The van der Waals surface area contributed by atoms with Crippen LogP contribution in [-0.4, -0.2) is 36.6 Å². The number of nitrogens with one attached hydrogen (secondary N) is 1. The Morgan fingerprint density at radius 1 is 1.24 bits per heavy atom. The topological polar surface area (TPSA) is 15.3 Å². The lowest BCUT2D eigenvalue weighted by Crippen LogP contribution is -2.57. The second-order valence-electron chi connectivity index (χ2n) is 6.57. The average molecular weight is 238 g/mol. The molecule has 2 heteroatoms. The molecule has 0 radical (unpaired) electrons. The Morgan fingerprint density at radius 3 is 2.47 bits per heavy atom. The second-order valence-corrected chi connectivity index (χ2v) is 6.57. The molecule has 4 unspecified atom stereocenters. The summed E-state index contributed by atoms with van der Waals surface area (Å²) in [5.74, 6) is 2.65. The first-order valence-corrected chi connectivity index (χ1v) is 7.59. The van der Waals surface area contributed by atoms with Crippen molar-refractivity contribution >= 4 is 0 Å². The molecule has 1 saturated carbocycles. The number of nitrogens with zero attached hydrogens (tertiary/aromatic N) is 1. The largest absolute Gasteiger partial charge is 0.313 e. The van der Waals surface area contributed by atoms with E-state index in [1.165, 1.54) is 32.4 Å². The Morgan fingerprint density at radius 2 is 2.00 bits per heavy atom. The third-order valence-electron chi connectivity index (χ3n) is 4.99. The van der Waals surface area contributed by atoms with Gasteiger partial charge in [-0.25, -0.2) is 0 Å². The van der Waals surface area contributed by atoms with E-state index in [2.05, 4.69) is 37.9 Å². The quantitative estimate of drug-likeness (QED) is 0.810. The molecule has 1 heterocycles. The Kier molecular flexibility index (Phi) is 4.48. The summed E-state index contributed by atoms with van der Waals surface area (Å²) in [6.07, 6.45) is 4.26. The van der Waals surface area contributed by atoms with Gasteiger partial charge in [-0.3, -0.25) is 4.90 Å². The Bertz CT molecular complexity index is 239. The van der Waals surface area contributed by atoms with E-state index in [4.69, 9.17) is 0 Å². The molecule has 17 heavy (non-hydrogen) atoms. The highest BCUT2D eigenvalue weighted by Crippen LogP contribution is 2.35. The predicted octanol–water partition coefficient (Wildman–Crippen LogP) is 2.74. The molecular weight excluding hydrogens is 208 g/mol. The molecule has 0 amide bonds. The van der Waals surface area contributed by atoms with Gasteiger partial charge < -0.3 is 5.32 Å². The molecule has 2 rings (SSSR count). The van der Waals surface area contributed by atoms with Gasteiger partial charge in [0.15, 0.2) is 0 Å². The highest BCUT2D eigenvalue weighted by molar-refractivity contribution is 4.93. The zero-order valence-corrected chi connectivity index (χ0v) is 12.1. The first-order valence-electron chi connectivity index (χ1n) is 7.59. The van der Waals surface area contributed by atoms with Crippen LogP contribution in [-0.2, 0) is 0 Å². The summed E-state index contributed by atoms with van der Waals surface area (Å²) < 4.78 is 0. The summed E-state index contributed by atoms with van der Waals surface area (Å²) in [5.41, 5.74) is 0. The van der Waals surface area contributed by atoms with Crippen LogP contribution in [0.2, 0.25) is 0 Å². The maximum absolute atomic E-state index is 3.68. The molecule has 100 valence electrons. The van der Waals surface area contributed by atoms with E-state index in [1.54, 1.807) is 0 Å². The van der Waals surface area contributed by atoms with Crippen molar-refractivity contribution in [2.45, 2.75) is 59.0 Å². The van der Waals surface area contributed by atoms with E-state index in [0.29, 0.717) is 0 Å². The van der Waals surface area contributed by atoms with Crippen LogP contribution in [0.3, 0.4) is 0 Å². The van der Waals surface area contributed by atoms with Gasteiger partial charge in [-0.1, -0.05) is 27.7 Å². The lowest BCUT2D eigenvalue weighted by Gasteiger charge is -2.49. The van der Waals surface area contributed by atoms with Gasteiger partial charge in [0.1, 0.15) is 0 Å². The van der Waals surface area contributed by atoms with Crippen molar-refractivity contribution < 1.29 is 0 Å². The van der Waals surface area contributed by atoms with E-state index in [1.807, 2.05) is 0 Å². The first kappa shape index (κ1) is 13.4. The van der Waals surface area contributed by atoms with Gasteiger partial charge in [0.25, 0.3) is 0 Å². The van der Waals surface area contributed by atoms with E-state index < -0.39 is 0 Å². The number of hydrogen-bond acceptors (Lipinski definition) is 2. The van der Waals surface area contributed by atoms with Crippen LogP contribution in [0.4, 0.5) is 0 Å². The average Bonchev–Trinajstić information content (AvgIpc) is 2.27. The van der Waals surface area contributed by atoms with Crippen LogP contribution in [0, 0.1) is 17.8 Å². The number of likely N-dealkylation sites (N-methyl/N-ethyl adjacent to an activating group) is 1. The van der Waals surface area contributed by atoms with Gasteiger partial charge in [-0.05, 0) is 43.6 Å². The van der Waals surface area contributed by atoms with Crippen LogP contribution >= 0.6 is 0 Å². The van der Waals surface area contributed by atoms with Crippen molar-refractivity contribution in [2.24, 2.45) is 17.8 Å². The molecule has 0 bridgehead atoms. The summed E-state index contributed by atoms with van der Waals surface area (Å²) >= 11 is 0. The molecular formula is C15H30N2. The first-order chi connectivity index (χ1) is 8.11. The molecule has 0 aromatic heterocycles. The SMILES string of the molecule is CCNC1CC(C(C)C)CN(C2CCC2C)C1. The molecule has 0 spiro atoms. The molecule has 0 aromatic carbocycles. The van der Waals surface area contributed by atoms with Gasteiger partial charge in [-0.2, -0.15) is 0 Å². The van der Waals surface area contributed by atoms with Crippen LogP contribution in [0.1, 0.15) is 47.0 Å². The molecule has 2 aliphatic rings. The van der Waals surface area contributed by atoms with Crippen LogP contribution in [0.5, 0.6) is 0 Å². The van der Waals surface area contributed by atoms with Crippen molar-refractivity contribution in [1.82, 2.24) is 10.2 Å². The maximum atomic E-state index is 3.68. The van der Waals surface area contributed by atoms with E-state index >= 15 is 0 Å². The molecule has 2 fully saturated rings. The maximum Gasteiger partial charge on any atom is 0.0198 e. The number of likely N-dealkylation sites (tertiary alicyclic amines) is 1. The predicted molar refractivity (Wildman–Crippen MR) is 74.2 cm³/mol. The lowest BCUT2D eigenvalue weighted by atomic mass is 9.77. The van der Waals surface area contributed by atoms with E-state index in [0.717, 1.165) is 36.4 Å². The molecule has 4 atom stereocenters. The van der Waals surface area contributed by atoms with Crippen molar-refractivity contribution in [3.05, 3.63) is 0 Å².